The number of hydrogen-bond acceptors (Lipinski definition) is 6. The van der Waals surface area contributed by atoms with E-state index in [2.05, 4.69) is 16.0 Å². The Morgan fingerprint density at radius 1 is 1.18 bits per heavy atom. The lowest BCUT2D eigenvalue weighted by molar-refractivity contribution is -0.144. The average Bonchev–Trinajstić information content (AvgIpc) is 3.14. The van der Waals surface area contributed by atoms with Crippen molar-refractivity contribution in [3.05, 3.63) is 76.3 Å². The summed E-state index contributed by atoms with van der Waals surface area (Å²) >= 11 is 0. The van der Waals surface area contributed by atoms with Gasteiger partial charge in [-0.3, -0.25) is 19.1 Å². The van der Waals surface area contributed by atoms with Crippen LogP contribution in [0.15, 0.2) is 64.6 Å². The lowest BCUT2D eigenvalue weighted by Gasteiger charge is -2.19. The van der Waals surface area contributed by atoms with Crippen LogP contribution in [0.3, 0.4) is 0 Å². The molecule has 0 amide bonds. The first-order valence-electron chi connectivity index (χ1n) is 9.07. The van der Waals surface area contributed by atoms with Gasteiger partial charge in [-0.15, -0.1) is 0 Å². The maximum atomic E-state index is 12.4. The molecule has 0 unspecified atom stereocenters. The maximum Gasteiger partial charge on any atom is 0.326 e. The molecule has 0 spiro atoms. The lowest BCUT2D eigenvalue weighted by Crippen LogP contribution is -2.32. The number of aliphatic imine (C=N–C) groups is 1. The Hall–Kier alpha value is -3.48. The topological polar surface area (TPSA) is 76.8 Å². The van der Waals surface area contributed by atoms with Crippen molar-refractivity contribution in [3.63, 3.8) is 0 Å². The highest BCUT2D eigenvalue weighted by molar-refractivity contribution is 6.01. The molecule has 0 N–H and O–H groups in total. The van der Waals surface area contributed by atoms with Crippen LogP contribution in [0.1, 0.15) is 11.1 Å². The molecule has 0 saturated carbocycles. The molecule has 2 heterocycles. The van der Waals surface area contributed by atoms with E-state index in [1.807, 2.05) is 36.2 Å². The van der Waals surface area contributed by atoms with Crippen molar-refractivity contribution in [2.75, 3.05) is 20.2 Å². The first-order chi connectivity index (χ1) is 13.6. The second kappa shape index (κ2) is 7.64. The van der Waals surface area contributed by atoms with E-state index in [1.165, 1.54) is 16.5 Å². The Morgan fingerprint density at radius 2 is 1.96 bits per heavy atom. The second-order valence-electron chi connectivity index (χ2n) is 6.63. The molecule has 2 aromatic carbocycles. The van der Waals surface area contributed by atoms with E-state index in [9.17, 15) is 9.59 Å². The molecule has 7 nitrogen and oxygen atoms in total. The molecule has 1 aliphatic rings. The number of nitrogens with zero attached hydrogens (tertiary/aromatic N) is 4. The number of aromatic nitrogens is 2. The monoisotopic (exact) mass is 376 g/mol. The maximum absolute atomic E-state index is 12.4. The molecule has 3 aromatic rings. The van der Waals surface area contributed by atoms with Crippen LogP contribution in [0.2, 0.25) is 0 Å². The smallest absolute Gasteiger partial charge is 0.326 e. The zero-order valence-corrected chi connectivity index (χ0v) is 15.5. The van der Waals surface area contributed by atoms with Gasteiger partial charge >= 0.3 is 5.97 Å². The summed E-state index contributed by atoms with van der Waals surface area (Å²) in [4.78, 5) is 35.3. The minimum absolute atomic E-state index is 0.163. The number of carbonyl (C=O) groups excluding carboxylic acids is 1. The van der Waals surface area contributed by atoms with Crippen molar-refractivity contribution in [2.24, 2.45) is 4.99 Å². The molecule has 1 aliphatic heterocycles. The molecule has 4 rings (SSSR count). The summed E-state index contributed by atoms with van der Waals surface area (Å²) in [7, 11) is 1.92. The summed E-state index contributed by atoms with van der Waals surface area (Å²) < 4.78 is 6.58. The Balaban J connectivity index is 1.33. The van der Waals surface area contributed by atoms with Gasteiger partial charge in [-0.25, -0.2) is 4.98 Å². The van der Waals surface area contributed by atoms with E-state index < -0.39 is 5.97 Å². The van der Waals surface area contributed by atoms with Crippen molar-refractivity contribution < 1.29 is 9.53 Å². The van der Waals surface area contributed by atoms with E-state index in [-0.39, 0.29) is 18.7 Å². The quantitative estimate of drug-likeness (QED) is 0.635. The van der Waals surface area contributed by atoms with Gasteiger partial charge in [0.2, 0.25) is 0 Å². The number of benzene rings is 2. The SMILES string of the molecule is CN(CCOC(=O)Cn1cnc2ccccc2c1=O)C1=NCc2ccccc21. The van der Waals surface area contributed by atoms with Crippen LogP contribution in [0.25, 0.3) is 10.9 Å². The van der Waals surface area contributed by atoms with Crippen LogP contribution in [0.4, 0.5) is 0 Å². The van der Waals surface area contributed by atoms with Crippen molar-refractivity contribution in [1.82, 2.24) is 14.5 Å². The molecule has 0 bridgehead atoms. The highest BCUT2D eigenvalue weighted by Crippen LogP contribution is 2.19. The summed E-state index contributed by atoms with van der Waals surface area (Å²) in [6.45, 7) is 1.24. The third-order valence-electron chi connectivity index (χ3n) is 4.74. The molecule has 0 radical (unpaired) electrons. The van der Waals surface area contributed by atoms with Crippen LogP contribution < -0.4 is 5.56 Å². The van der Waals surface area contributed by atoms with Crippen LogP contribution in [0.5, 0.6) is 0 Å². The number of hydrogen-bond donors (Lipinski definition) is 0. The summed E-state index contributed by atoms with van der Waals surface area (Å²) in [5.41, 5.74) is 2.67. The summed E-state index contributed by atoms with van der Waals surface area (Å²) in [6.07, 6.45) is 1.38. The third kappa shape index (κ3) is 3.51. The van der Waals surface area contributed by atoms with Gasteiger partial charge in [0, 0.05) is 12.6 Å². The predicted octanol–water partition coefficient (Wildman–Crippen LogP) is 1.83. The molecule has 142 valence electrons. The highest BCUT2D eigenvalue weighted by atomic mass is 16.5. The number of amidine groups is 1. The zero-order valence-electron chi connectivity index (χ0n) is 15.5. The predicted molar refractivity (Wildman–Crippen MR) is 106 cm³/mol. The van der Waals surface area contributed by atoms with Gasteiger partial charge in [0.25, 0.3) is 5.56 Å². The van der Waals surface area contributed by atoms with Crippen molar-refractivity contribution in [1.29, 1.82) is 0 Å². The van der Waals surface area contributed by atoms with Crippen molar-refractivity contribution in [2.45, 2.75) is 13.1 Å². The van der Waals surface area contributed by atoms with Gasteiger partial charge in [-0.05, 0) is 17.7 Å². The standard InChI is InChI=1S/C21H20N4O3/c1-24(20-16-7-3-2-6-15(16)12-22-20)10-11-28-19(26)13-25-14-23-18-9-5-4-8-17(18)21(25)27/h2-9,14H,10-13H2,1H3. The molecule has 1 aromatic heterocycles. The molecule has 0 aliphatic carbocycles. The fourth-order valence-electron chi connectivity index (χ4n) is 3.25. The zero-order chi connectivity index (χ0) is 19.5. The largest absolute Gasteiger partial charge is 0.462 e. The van der Waals surface area contributed by atoms with Gasteiger partial charge in [-0.1, -0.05) is 36.4 Å². The van der Waals surface area contributed by atoms with E-state index in [0.29, 0.717) is 24.0 Å². The third-order valence-corrected chi connectivity index (χ3v) is 4.74. The number of rotatable bonds is 5. The van der Waals surface area contributed by atoms with Crippen molar-refractivity contribution >= 4 is 22.7 Å². The first kappa shape index (κ1) is 17.9. The molecule has 0 atom stereocenters. The molecular weight excluding hydrogens is 356 g/mol. The van der Waals surface area contributed by atoms with Gasteiger partial charge in [0.15, 0.2) is 0 Å². The van der Waals surface area contributed by atoms with Crippen molar-refractivity contribution in [3.8, 4) is 0 Å². The Labute approximate surface area is 161 Å². The lowest BCUT2D eigenvalue weighted by atomic mass is 10.1. The minimum Gasteiger partial charge on any atom is -0.462 e. The van der Waals surface area contributed by atoms with Crippen LogP contribution >= 0.6 is 0 Å². The van der Waals surface area contributed by atoms with E-state index in [4.69, 9.17) is 4.74 Å². The summed E-state index contributed by atoms with van der Waals surface area (Å²) in [5, 5.41) is 0.482. The molecule has 7 heteroatoms. The Bertz CT molecular complexity index is 1120. The number of carbonyl (C=O) groups is 1. The van der Waals surface area contributed by atoms with E-state index in [0.717, 1.165) is 11.4 Å². The summed E-state index contributed by atoms with van der Waals surface area (Å²) in [6, 6.07) is 15.1. The highest BCUT2D eigenvalue weighted by Gasteiger charge is 2.18. The average molecular weight is 376 g/mol. The first-order valence-corrected chi connectivity index (χ1v) is 9.07. The number of ether oxygens (including phenoxy) is 1. The number of esters is 1. The summed E-state index contributed by atoms with van der Waals surface area (Å²) in [5.74, 6) is 0.433. The van der Waals surface area contributed by atoms with E-state index in [1.54, 1.807) is 18.2 Å². The molecular formula is C21H20N4O3. The fourth-order valence-corrected chi connectivity index (χ4v) is 3.25. The van der Waals surface area contributed by atoms with Gasteiger partial charge in [0.1, 0.15) is 19.0 Å². The van der Waals surface area contributed by atoms with E-state index >= 15 is 0 Å². The number of likely N-dealkylation sites (N-methyl/N-ethyl adjacent to an activating group) is 1. The van der Waals surface area contributed by atoms with Gasteiger partial charge in [-0.2, -0.15) is 0 Å². The molecule has 28 heavy (non-hydrogen) atoms. The Kier molecular flexibility index (Phi) is 4.89. The second-order valence-corrected chi connectivity index (χ2v) is 6.63. The number of para-hydroxylation sites is 1. The minimum atomic E-state index is -0.471. The Morgan fingerprint density at radius 3 is 2.86 bits per heavy atom. The van der Waals surface area contributed by atoms with Gasteiger partial charge < -0.3 is 9.64 Å². The number of fused-ring (bicyclic) bond motifs is 2. The normalized spacial score (nSPS) is 12.5. The van der Waals surface area contributed by atoms with Crippen LogP contribution in [-0.4, -0.2) is 46.5 Å². The van der Waals surface area contributed by atoms with Crippen LogP contribution in [-0.2, 0) is 22.6 Å². The van der Waals surface area contributed by atoms with Crippen LogP contribution in [0, 0.1) is 0 Å². The molecule has 0 fully saturated rings. The fraction of sp³-hybridized carbons (Fsp3) is 0.238. The van der Waals surface area contributed by atoms with Gasteiger partial charge in [0.05, 0.1) is 30.3 Å². The molecule has 0 saturated heterocycles.